The number of carbonyl (C=O) groups excluding carboxylic acids is 13. The summed E-state index contributed by atoms with van der Waals surface area (Å²) in [5, 5.41) is 51.0. The van der Waals surface area contributed by atoms with Crippen molar-refractivity contribution in [2.45, 2.75) is 197 Å². The van der Waals surface area contributed by atoms with Gasteiger partial charge in [0.1, 0.15) is 60.4 Å². The standard InChI is InChI=1S/C61H95N15O19S/c1-32(2)27-40(54(88)68-36(51(65)85)22-26-96-5)67-46(78)31-66-59(93)50(33(3)4)74-56(90)41(28-34-13-7-6-8-14-34)72-53(87)37(18-20-45(64)77)69-55(89)42(30-49(83)84)73-58(92)44-17-12-24-75(44)60(94)38(15-9-10-23-62)71-57(91)43-16-11-25-76(43)61(95)39(19-21-47(79)80)70-52(86)35(63)29-48(81)82/h6-8,13-14,32-33,35-44,50H,9-12,15-31,62-63H2,1-5H3,(H2,64,77)(H2,65,85)(H,66,93)(H,67,78)(H,68,88)(H,69,89)(H,70,86)(H,71,91)(H,72,87)(H,73,92)(H,74,90)(H,79,80)(H,81,82)(H,83,84)/t35-,36-,37-,38-,39-,40-,41-,42-,43-,44-,50-/m0/s1. The van der Waals surface area contributed by atoms with Crippen LogP contribution in [-0.2, 0) is 83.1 Å². The van der Waals surface area contributed by atoms with Crippen molar-refractivity contribution in [3.05, 3.63) is 35.9 Å². The van der Waals surface area contributed by atoms with E-state index in [1.165, 1.54) is 11.8 Å². The van der Waals surface area contributed by atoms with Gasteiger partial charge in [-0.1, -0.05) is 58.0 Å². The fraction of sp³-hybridized carbons (Fsp3) is 0.639. The molecular formula is C61H95N15O19S. The third kappa shape index (κ3) is 27.8. The minimum absolute atomic E-state index is 0.0189. The number of unbranched alkanes of at least 4 members (excludes halogenated alkanes) is 1. The Kier molecular flexibility index (Phi) is 34.8. The molecule has 20 N–H and O–H groups in total. The summed E-state index contributed by atoms with van der Waals surface area (Å²) in [5.74, 6) is -16.4. The van der Waals surface area contributed by atoms with Crippen molar-refractivity contribution in [3.63, 3.8) is 0 Å². The molecule has 0 radical (unpaired) electrons. The maximum atomic E-state index is 14.6. The Morgan fingerprint density at radius 1 is 0.552 bits per heavy atom. The van der Waals surface area contributed by atoms with Crippen LogP contribution in [-0.4, -0.2) is 224 Å². The molecule has 0 bridgehead atoms. The molecule has 1 aromatic carbocycles. The van der Waals surface area contributed by atoms with Gasteiger partial charge in [0.25, 0.3) is 0 Å². The summed E-state index contributed by atoms with van der Waals surface area (Å²) in [6.07, 6.45) is -0.903. The van der Waals surface area contributed by atoms with E-state index in [-0.39, 0.29) is 83.3 Å². The van der Waals surface area contributed by atoms with Crippen LogP contribution in [0.3, 0.4) is 0 Å². The zero-order valence-corrected chi connectivity index (χ0v) is 55.5. The highest BCUT2D eigenvalue weighted by molar-refractivity contribution is 7.98. The van der Waals surface area contributed by atoms with Gasteiger partial charge in [-0.2, -0.15) is 11.8 Å². The second-order valence-corrected chi connectivity index (χ2v) is 25.3. The molecule has 2 saturated heterocycles. The van der Waals surface area contributed by atoms with E-state index in [4.69, 9.17) is 28.0 Å². The summed E-state index contributed by atoms with van der Waals surface area (Å²) in [6.45, 7) is 6.21. The smallest absolute Gasteiger partial charge is 0.305 e. The lowest BCUT2D eigenvalue weighted by atomic mass is 10.00. The highest BCUT2D eigenvalue weighted by atomic mass is 32.2. The van der Waals surface area contributed by atoms with E-state index >= 15 is 0 Å². The molecule has 2 aliphatic rings. The average Bonchev–Trinajstić information content (AvgIpc) is 1.63. The second-order valence-electron chi connectivity index (χ2n) is 24.3. The average molecular weight is 1370 g/mol. The van der Waals surface area contributed by atoms with Gasteiger partial charge in [-0.3, -0.25) is 76.7 Å². The molecule has 0 aromatic heterocycles. The normalized spacial score (nSPS) is 17.1. The number of nitrogens with zero attached hydrogens (tertiary/aromatic N) is 2. The van der Waals surface area contributed by atoms with Crippen LogP contribution < -0.4 is 70.8 Å². The number of thioether (sulfide) groups is 1. The number of carboxylic acid groups (broad SMARTS) is 3. The molecule has 2 fully saturated rings. The van der Waals surface area contributed by atoms with Crippen LogP contribution in [0.1, 0.15) is 130 Å². The molecule has 3 rings (SSSR count). The molecule has 2 aliphatic heterocycles. The molecule has 35 heteroatoms. The summed E-state index contributed by atoms with van der Waals surface area (Å²) < 4.78 is 0. The Labute approximate surface area is 559 Å². The predicted molar refractivity (Wildman–Crippen MR) is 345 cm³/mol. The molecule has 34 nitrogen and oxygen atoms in total. The van der Waals surface area contributed by atoms with E-state index in [0.717, 1.165) is 9.80 Å². The Bertz CT molecular complexity index is 2920. The summed E-state index contributed by atoms with van der Waals surface area (Å²) >= 11 is 1.44. The van der Waals surface area contributed by atoms with Gasteiger partial charge in [-0.25, -0.2) is 0 Å². The van der Waals surface area contributed by atoms with E-state index in [1.807, 2.05) is 6.26 Å². The Morgan fingerprint density at radius 3 is 1.58 bits per heavy atom. The maximum Gasteiger partial charge on any atom is 0.305 e. The van der Waals surface area contributed by atoms with Gasteiger partial charge < -0.3 is 95.9 Å². The van der Waals surface area contributed by atoms with Crippen LogP contribution in [0.25, 0.3) is 0 Å². The quantitative estimate of drug-likeness (QED) is 0.0275. The first-order chi connectivity index (χ1) is 45.3. The van der Waals surface area contributed by atoms with Gasteiger partial charge in [0, 0.05) is 32.4 Å². The molecule has 0 aliphatic carbocycles. The number of carboxylic acids is 3. The fourth-order valence-electron chi connectivity index (χ4n) is 10.7. The van der Waals surface area contributed by atoms with E-state index in [0.29, 0.717) is 17.7 Å². The lowest BCUT2D eigenvalue weighted by Crippen LogP contribution is -2.61. The van der Waals surface area contributed by atoms with E-state index in [9.17, 15) is 86.9 Å². The molecule has 13 amide bonds. The van der Waals surface area contributed by atoms with Crippen molar-refractivity contribution in [3.8, 4) is 0 Å². The number of primary amides is 2. The minimum Gasteiger partial charge on any atom is -0.481 e. The highest BCUT2D eigenvalue weighted by Crippen LogP contribution is 2.24. The number of benzene rings is 1. The van der Waals surface area contributed by atoms with Gasteiger partial charge in [-0.15, -0.1) is 0 Å². The molecule has 96 heavy (non-hydrogen) atoms. The summed E-state index contributed by atoms with van der Waals surface area (Å²) in [4.78, 5) is 215. The topological polar surface area (TPSA) is 553 Å². The lowest BCUT2D eigenvalue weighted by Gasteiger charge is -2.32. The number of hydrogen-bond acceptors (Lipinski definition) is 19. The number of rotatable bonds is 43. The predicted octanol–water partition coefficient (Wildman–Crippen LogP) is -4.32. The van der Waals surface area contributed by atoms with Crippen molar-refractivity contribution >= 4 is 106 Å². The minimum atomic E-state index is -1.96. The van der Waals surface area contributed by atoms with Gasteiger partial charge >= 0.3 is 17.9 Å². The molecule has 0 saturated carbocycles. The molecular weight excluding hydrogens is 1280 g/mol. The Hall–Kier alpha value is -8.99. The summed E-state index contributed by atoms with van der Waals surface area (Å²) in [5.41, 5.74) is 22.9. The third-order valence-electron chi connectivity index (χ3n) is 15.8. The highest BCUT2D eigenvalue weighted by Gasteiger charge is 2.43. The van der Waals surface area contributed by atoms with Crippen LogP contribution in [0.5, 0.6) is 0 Å². The van der Waals surface area contributed by atoms with Crippen molar-refractivity contribution < 1.29 is 92.0 Å². The number of nitrogens with two attached hydrogens (primary N) is 4. The molecule has 0 spiro atoms. The van der Waals surface area contributed by atoms with Crippen LogP contribution in [0.15, 0.2) is 30.3 Å². The van der Waals surface area contributed by atoms with Gasteiger partial charge in [0.2, 0.25) is 76.8 Å². The van der Waals surface area contributed by atoms with Crippen molar-refractivity contribution in [2.24, 2.45) is 34.8 Å². The van der Waals surface area contributed by atoms with Crippen LogP contribution in [0.4, 0.5) is 0 Å². The Morgan fingerprint density at radius 2 is 1.06 bits per heavy atom. The molecule has 534 valence electrons. The largest absolute Gasteiger partial charge is 0.481 e. The molecule has 11 atom stereocenters. The third-order valence-corrected chi connectivity index (χ3v) is 16.4. The van der Waals surface area contributed by atoms with E-state index in [1.54, 1.807) is 58.0 Å². The number of carbonyl (C=O) groups is 16. The molecule has 0 unspecified atom stereocenters. The lowest BCUT2D eigenvalue weighted by molar-refractivity contribution is -0.146. The first-order valence-corrected chi connectivity index (χ1v) is 33.2. The Balaban J connectivity index is 1.86. The van der Waals surface area contributed by atoms with E-state index < -0.39 is 212 Å². The van der Waals surface area contributed by atoms with Gasteiger partial charge in [-0.05, 0) is 107 Å². The van der Waals surface area contributed by atoms with Crippen LogP contribution in [0.2, 0.25) is 0 Å². The SMILES string of the molecule is CSCC[C@H](NC(=O)[C@H](CC(C)C)NC(=O)CNC(=O)[C@@H](NC(=O)[C@H](Cc1ccccc1)NC(=O)[C@H](CCC(N)=O)NC(=O)[C@H](CC(=O)O)NC(=O)[C@@H]1CCCN1C(=O)[C@H](CCCCN)NC(=O)[C@@H]1CCCN1C(=O)[C@H](CCC(=O)O)NC(=O)[C@@H](N)CC(=O)O)C(C)C)C(N)=O. The van der Waals surface area contributed by atoms with Crippen LogP contribution >= 0.6 is 11.8 Å². The number of amides is 13. The molecule has 1 aromatic rings. The zero-order chi connectivity index (χ0) is 71.9. The number of aliphatic carboxylic acids is 3. The first-order valence-electron chi connectivity index (χ1n) is 31.8. The number of likely N-dealkylation sites (tertiary alicyclic amines) is 2. The van der Waals surface area contributed by atoms with E-state index in [2.05, 4.69) is 47.9 Å². The fourth-order valence-corrected chi connectivity index (χ4v) is 11.2. The monoisotopic (exact) mass is 1370 g/mol. The van der Waals surface area contributed by atoms with Crippen molar-refractivity contribution in [1.29, 1.82) is 0 Å². The zero-order valence-electron chi connectivity index (χ0n) is 54.7. The van der Waals surface area contributed by atoms with Crippen molar-refractivity contribution in [2.75, 3.05) is 38.2 Å². The molecule has 2 heterocycles. The van der Waals surface area contributed by atoms with Crippen molar-refractivity contribution in [1.82, 2.24) is 57.7 Å². The summed E-state index contributed by atoms with van der Waals surface area (Å²) in [6, 6.07) is -7.63. The second kappa shape index (κ2) is 41.1. The summed E-state index contributed by atoms with van der Waals surface area (Å²) in [7, 11) is 0. The number of nitrogens with one attached hydrogen (secondary N) is 9. The number of hydrogen-bond donors (Lipinski definition) is 16. The van der Waals surface area contributed by atoms with Gasteiger partial charge in [0.15, 0.2) is 0 Å². The maximum absolute atomic E-state index is 14.6. The first kappa shape index (κ1) is 81.2. The van der Waals surface area contributed by atoms with Gasteiger partial charge in [0.05, 0.1) is 25.4 Å². The van der Waals surface area contributed by atoms with Crippen LogP contribution in [0, 0.1) is 11.8 Å².